The molecule has 0 saturated carbocycles. The summed E-state index contributed by atoms with van der Waals surface area (Å²) in [5.41, 5.74) is 0. The largest absolute Gasteiger partial charge is 0.385 e. The molecule has 0 aliphatic heterocycles. The minimum absolute atomic E-state index is 0.910. The van der Waals surface area contributed by atoms with E-state index < -0.39 is 0 Å². The van der Waals surface area contributed by atoms with Crippen LogP contribution in [0.5, 0.6) is 0 Å². The van der Waals surface area contributed by atoms with Gasteiger partial charge in [0.1, 0.15) is 0 Å². The van der Waals surface area contributed by atoms with E-state index in [2.05, 4.69) is 40.2 Å². The highest BCUT2D eigenvalue weighted by atomic mass is 79.9. The Morgan fingerprint density at radius 1 is 1.00 bits per heavy atom. The third-order valence-corrected chi connectivity index (χ3v) is 4.20. The van der Waals surface area contributed by atoms with Gasteiger partial charge in [0.25, 0.3) is 0 Å². The summed E-state index contributed by atoms with van der Waals surface area (Å²) in [6.45, 7) is 0.910. The molecule has 0 spiro atoms. The number of benzene rings is 1. The summed E-state index contributed by atoms with van der Waals surface area (Å²) in [6, 6.07) is 8.56. The van der Waals surface area contributed by atoms with E-state index in [1.165, 1.54) is 42.8 Å². The van der Waals surface area contributed by atoms with Crippen LogP contribution in [0.4, 0.5) is 0 Å². The third kappa shape index (κ3) is 7.85. The van der Waals surface area contributed by atoms with Gasteiger partial charge < -0.3 is 4.74 Å². The zero-order chi connectivity index (χ0) is 12.3. The molecule has 1 rings (SSSR count). The molecule has 0 aliphatic rings. The van der Waals surface area contributed by atoms with Crippen molar-refractivity contribution in [3.63, 3.8) is 0 Å². The van der Waals surface area contributed by atoms with Gasteiger partial charge in [-0.3, -0.25) is 0 Å². The fraction of sp³-hybridized carbons (Fsp3) is 0.571. The molecule has 0 atom stereocenters. The van der Waals surface area contributed by atoms with E-state index in [0.29, 0.717) is 0 Å². The number of methoxy groups -OCH3 is 1. The molecule has 0 bridgehead atoms. The normalized spacial score (nSPS) is 10.7. The van der Waals surface area contributed by atoms with Gasteiger partial charge in [-0.05, 0) is 42.9 Å². The maximum Gasteiger partial charge on any atom is 0.0462 e. The Kier molecular flexibility index (Phi) is 8.85. The average molecular weight is 317 g/mol. The number of hydrogen-bond donors (Lipinski definition) is 0. The van der Waals surface area contributed by atoms with Gasteiger partial charge in [-0.15, -0.1) is 11.8 Å². The van der Waals surface area contributed by atoms with Crippen LogP contribution in [0.2, 0.25) is 0 Å². The molecule has 0 aliphatic carbocycles. The zero-order valence-corrected chi connectivity index (χ0v) is 12.9. The Morgan fingerprint density at radius 2 is 1.65 bits per heavy atom. The second-order valence-electron chi connectivity index (χ2n) is 4.06. The molecule has 0 radical (unpaired) electrons. The maximum atomic E-state index is 5.03. The molecule has 17 heavy (non-hydrogen) atoms. The van der Waals surface area contributed by atoms with Crippen molar-refractivity contribution in [1.82, 2.24) is 0 Å². The predicted octanol–water partition coefficient (Wildman–Crippen LogP) is 5.14. The van der Waals surface area contributed by atoms with E-state index in [1.54, 1.807) is 7.11 Å². The fourth-order valence-corrected chi connectivity index (χ4v) is 2.78. The SMILES string of the molecule is COCCCCCCCSc1ccc(Br)cc1. The van der Waals surface area contributed by atoms with E-state index in [9.17, 15) is 0 Å². The van der Waals surface area contributed by atoms with Crippen molar-refractivity contribution in [2.45, 2.75) is 37.0 Å². The molecule has 0 saturated heterocycles. The number of halogens is 1. The van der Waals surface area contributed by atoms with E-state index in [0.717, 1.165) is 11.1 Å². The Hall–Kier alpha value is 0.01000. The lowest BCUT2D eigenvalue weighted by atomic mass is 10.2. The zero-order valence-electron chi connectivity index (χ0n) is 10.5. The van der Waals surface area contributed by atoms with Crippen molar-refractivity contribution in [3.05, 3.63) is 28.7 Å². The lowest BCUT2D eigenvalue weighted by Gasteiger charge is -2.02. The minimum Gasteiger partial charge on any atom is -0.385 e. The molecule has 0 fully saturated rings. The first-order valence-electron chi connectivity index (χ1n) is 6.20. The van der Waals surface area contributed by atoms with E-state index in [1.807, 2.05) is 11.8 Å². The highest BCUT2D eigenvalue weighted by Gasteiger charge is 1.95. The summed E-state index contributed by atoms with van der Waals surface area (Å²) < 4.78 is 6.18. The van der Waals surface area contributed by atoms with Gasteiger partial charge in [0, 0.05) is 23.1 Å². The topological polar surface area (TPSA) is 9.23 Å². The molecular formula is C14H21BrOS. The van der Waals surface area contributed by atoms with Crippen molar-refractivity contribution in [2.75, 3.05) is 19.5 Å². The Morgan fingerprint density at radius 3 is 2.35 bits per heavy atom. The molecular weight excluding hydrogens is 296 g/mol. The summed E-state index contributed by atoms with van der Waals surface area (Å²) in [6.07, 6.45) is 6.50. The van der Waals surface area contributed by atoms with Crippen molar-refractivity contribution in [3.8, 4) is 0 Å². The molecule has 1 nitrogen and oxygen atoms in total. The van der Waals surface area contributed by atoms with Gasteiger partial charge in [-0.1, -0.05) is 35.2 Å². The summed E-state index contributed by atoms with van der Waals surface area (Å²) in [4.78, 5) is 1.37. The number of ether oxygens (including phenoxy) is 1. The monoisotopic (exact) mass is 316 g/mol. The number of unbranched alkanes of at least 4 members (excludes halogenated alkanes) is 4. The van der Waals surface area contributed by atoms with E-state index >= 15 is 0 Å². The second kappa shape index (κ2) is 9.98. The highest BCUT2D eigenvalue weighted by molar-refractivity contribution is 9.10. The smallest absolute Gasteiger partial charge is 0.0462 e. The predicted molar refractivity (Wildman–Crippen MR) is 79.8 cm³/mol. The van der Waals surface area contributed by atoms with Gasteiger partial charge in [-0.25, -0.2) is 0 Å². The molecule has 0 amide bonds. The van der Waals surface area contributed by atoms with Crippen LogP contribution >= 0.6 is 27.7 Å². The molecule has 0 unspecified atom stereocenters. The van der Waals surface area contributed by atoms with Crippen LogP contribution in [0.3, 0.4) is 0 Å². The molecule has 0 heterocycles. The van der Waals surface area contributed by atoms with Gasteiger partial charge in [0.2, 0.25) is 0 Å². The maximum absolute atomic E-state index is 5.03. The van der Waals surface area contributed by atoms with Crippen LogP contribution in [-0.4, -0.2) is 19.5 Å². The summed E-state index contributed by atoms with van der Waals surface area (Å²) in [7, 11) is 1.77. The summed E-state index contributed by atoms with van der Waals surface area (Å²) >= 11 is 5.40. The van der Waals surface area contributed by atoms with Crippen LogP contribution in [0.1, 0.15) is 32.1 Å². The fourth-order valence-electron chi connectivity index (χ4n) is 1.60. The second-order valence-corrected chi connectivity index (χ2v) is 6.15. The van der Waals surface area contributed by atoms with Crippen LogP contribution in [0.25, 0.3) is 0 Å². The van der Waals surface area contributed by atoms with E-state index in [-0.39, 0.29) is 0 Å². The Labute approximate surface area is 117 Å². The van der Waals surface area contributed by atoms with Crippen molar-refractivity contribution in [2.24, 2.45) is 0 Å². The van der Waals surface area contributed by atoms with Crippen molar-refractivity contribution >= 4 is 27.7 Å². The minimum atomic E-state index is 0.910. The van der Waals surface area contributed by atoms with Gasteiger partial charge >= 0.3 is 0 Å². The van der Waals surface area contributed by atoms with Gasteiger partial charge in [-0.2, -0.15) is 0 Å². The Bertz CT molecular complexity index is 287. The number of thioether (sulfide) groups is 1. The van der Waals surface area contributed by atoms with Crippen LogP contribution in [0.15, 0.2) is 33.6 Å². The number of hydrogen-bond acceptors (Lipinski definition) is 2. The third-order valence-electron chi connectivity index (χ3n) is 2.58. The van der Waals surface area contributed by atoms with Crippen LogP contribution < -0.4 is 0 Å². The average Bonchev–Trinajstić information content (AvgIpc) is 2.35. The number of rotatable bonds is 9. The molecule has 3 heteroatoms. The lowest BCUT2D eigenvalue weighted by Crippen LogP contribution is -1.88. The Balaban J connectivity index is 1.95. The van der Waals surface area contributed by atoms with Gasteiger partial charge in [0.05, 0.1) is 0 Å². The molecule has 0 N–H and O–H groups in total. The standard InChI is InChI=1S/C14H21BrOS/c1-16-11-5-3-2-4-6-12-17-14-9-7-13(15)8-10-14/h7-10H,2-6,11-12H2,1H3. The summed E-state index contributed by atoms with van der Waals surface area (Å²) in [5, 5.41) is 0. The molecule has 1 aromatic rings. The van der Waals surface area contributed by atoms with Crippen molar-refractivity contribution in [1.29, 1.82) is 0 Å². The molecule has 1 aromatic carbocycles. The quantitative estimate of drug-likeness (QED) is 0.461. The summed E-state index contributed by atoms with van der Waals surface area (Å²) in [5.74, 6) is 1.23. The first-order valence-corrected chi connectivity index (χ1v) is 7.98. The van der Waals surface area contributed by atoms with Crippen LogP contribution in [0, 0.1) is 0 Å². The first-order chi connectivity index (χ1) is 8.33. The first kappa shape index (κ1) is 15.1. The van der Waals surface area contributed by atoms with Crippen LogP contribution in [-0.2, 0) is 4.74 Å². The molecule has 0 aromatic heterocycles. The van der Waals surface area contributed by atoms with E-state index in [4.69, 9.17) is 4.74 Å². The van der Waals surface area contributed by atoms with Gasteiger partial charge in [0.15, 0.2) is 0 Å². The molecule has 96 valence electrons. The van der Waals surface area contributed by atoms with Crippen molar-refractivity contribution < 1.29 is 4.74 Å². The lowest BCUT2D eigenvalue weighted by molar-refractivity contribution is 0.192. The highest BCUT2D eigenvalue weighted by Crippen LogP contribution is 2.22.